The van der Waals surface area contributed by atoms with Gasteiger partial charge in [0.15, 0.2) is 5.38 Å². The first-order chi connectivity index (χ1) is 8.88. The topological polar surface area (TPSA) is 0 Å². The second-order valence-electron chi connectivity index (χ2n) is 4.06. The molecule has 0 spiro atoms. The number of hydrogen-bond donors (Lipinski definition) is 0. The zero-order chi connectivity index (χ0) is 12.4. The standard InChI is InChI=1S/C16H13S2/c1-17-13-6-4-5-12(11-13)14-9-10-18-16-8-3-2-7-15(14)16/h2-11H,1H3/q+1. The van der Waals surface area contributed by atoms with Crippen LogP contribution in [0.5, 0.6) is 0 Å². The Bertz CT molecular complexity index is 684. The van der Waals surface area contributed by atoms with Crippen LogP contribution in [0.15, 0.2) is 64.9 Å². The molecule has 1 aromatic heterocycles. The van der Waals surface area contributed by atoms with E-state index in [-0.39, 0.29) is 0 Å². The molecule has 1 heterocycles. The minimum atomic E-state index is 1.30. The molecule has 0 aliphatic carbocycles. The van der Waals surface area contributed by atoms with E-state index in [1.807, 2.05) is 0 Å². The Morgan fingerprint density at radius 3 is 2.72 bits per heavy atom. The fraction of sp³-hybridized carbons (Fsp3) is 0.0625. The maximum Gasteiger partial charge on any atom is 0.238 e. The highest BCUT2D eigenvalue weighted by Crippen LogP contribution is 2.32. The summed E-state index contributed by atoms with van der Waals surface area (Å²) in [6.45, 7) is 0. The van der Waals surface area contributed by atoms with E-state index in [4.69, 9.17) is 0 Å². The normalized spacial score (nSPS) is 10.7. The smallest absolute Gasteiger partial charge is 0.130 e. The molecule has 0 radical (unpaired) electrons. The Labute approximate surface area is 115 Å². The molecule has 0 N–H and O–H groups in total. The van der Waals surface area contributed by atoms with Crippen LogP contribution in [0, 0.1) is 0 Å². The predicted octanol–water partition coefficient (Wildman–Crippen LogP) is 5.57. The lowest BCUT2D eigenvalue weighted by atomic mass is 10.0. The molecule has 0 unspecified atom stereocenters. The summed E-state index contributed by atoms with van der Waals surface area (Å²) in [5.74, 6) is 0. The summed E-state index contributed by atoms with van der Waals surface area (Å²) in [6, 6.07) is 19.5. The summed E-state index contributed by atoms with van der Waals surface area (Å²) in [5.41, 5.74) is 2.62. The van der Waals surface area contributed by atoms with Crippen molar-refractivity contribution in [2.45, 2.75) is 4.90 Å². The van der Waals surface area contributed by atoms with Gasteiger partial charge in [-0.15, -0.1) is 11.8 Å². The summed E-state index contributed by atoms with van der Waals surface area (Å²) >= 11 is 3.58. The number of hydrogen-bond acceptors (Lipinski definition) is 1. The Balaban J connectivity index is 2.24. The van der Waals surface area contributed by atoms with Crippen molar-refractivity contribution in [1.82, 2.24) is 0 Å². The first-order valence-electron chi connectivity index (χ1n) is 5.82. The number of thioether (sulfide) groups is 1. The molecule has 3 aromatic rings. The van der Waals surface area contributed by atoms with E-state index >= 15 is 0 Å². The largest absolute Gasteiger partial charge is 0.238 e. The minimum Gasteiger partial charge on any atom is -0.130 e. The predicted molar refractivity (Wildman–Crippen MR) is 83.4 cm³/mol. The number of rotatable bonds is 2. The first kappa shape index (κ1) is 11.7. The van der Waals surface area contributed by atoms with Gasteiger partial charge in [-0.05, 0) is 35.6 Å². The molecule has 3 rings (SSSR count). The van der Waals surface area contributed by atoms with Crippen molar-refractivity contribution in [2.24, 2.45) is 0 Å². The molecule has 2 aromatic carbocycles. The van der Waals surface area contributed by atoms with Crippen LogP contribution in [-0.2, 0) is 0 Å². The highest BCUT2D eigenvalue weighted by molar-refractivity contribution is 7.98. The summed E-state index contributed by atoms with van der Waals surface area (Å²) in [7, 11) is 0. The van der Waals surface area contributed by atoms with Crippen LogP contribution in [0.3, 0.4) is 0 Å². The summed E-state index contributed by atoms with van der Waals surface area (Å²) in [5, 5.41) is 3.51. The second kappa shape index (κ2) is 5.09. The second-order valence-corrected chi connectivity index (χ2v) is 5.89. The van der Waals surface area contributed by atoms with Crippen LogP contribution in [0.25, 0.3) is 21.2 Å². The van der Waals surface area contributed by atoms with Gasteiger partial charge in [0.1, 0.15) is 0 Å². The third kappa shape index (κ3) is 2.14. The average Bonchev–Trinajstić information content (AvgIpc) is 2.47. The van der Waals surface area contributed by atoms with Crippen molar-refractivity contribution in [3.05, 3.63) is 60.0 Å². The highest BCUT2D eigenvalue weighted by atomic mass is 32.2. The van der Waals surface area contributed by atoms with Crippen molar-refractivity contribution < 1.29 is 0 Å². The quantitative estimate of drug-likeness (QED) is 0.433. The van der Waals surface area contributed by atoms with Crippen molar-refractivity contribution >= 4 is 33.2 Å². The van der Waals surface area contributed by atoms with Gasteiger partial charge in [-0.1, -0.05) is 24.3 Å². The summed E-state index contributed by atoms with van der Waals surface area (Å²) in [4.78, 5) is 1.31. The van der Waals surface area contributed by atoms with E-state index in [0.717, 1.165) is 0 Å². The number of benzene rings is 2. The van der Waals surface area contributed by atoms with Crippen molar-refractivity contribution in [3.8, 4) is 11.1 Å². The highest BCUT2D eigenvalue weighted by Gasteiger charge is 2.10. The van der Waals surface area contributed by atoms with Gasteiger partial charge >= 0.3 is 0 Å². The fourth-order valence-electron chi connectivity index (χ4n) is 2.10. The zero-order valence-corrected chi connectivity index (χ0v) is 11.7. The lowest BCUT2D eigenvalue weighted by molar-refractivity contribution is 1.47. The van der Waals surface area contributed by atoms with Crippen LogP contribution < -0.4 is 0 Å². The van der Waals surface area contributed by atoms with Gasteiger partial charge in [0.2, 0.25) is 16.0 Å². The van der Waals surface area contributed by atoms with Gasteiger partial charge < -0.3 is 0 Å². The Kier molecular flexibility index (Phi) is 3.31. The van der Waals surface area contributed by atoms with Crippen LogP contribution in [-0.4, -0.2) is 6.26 Å². The van der Waals surface area contributed by atoms with Crippen molar-refractivity contribution in [2.75, 3.05) is 6.26 Å². The summed E-state index contributed by atoms with van der Waals surface area (Å²) in [6.07, 6.45) is 2.12. The molecular formula is C16H13S2+. The van der Waals surface area contributed by atoms with Gasteiger partial charge in [-0.2, -0.15) is 0 Å². The molecule has 18 heavy (non-hydrogen) atoms. The van der Waals surface area contributed by atoms with Crippen LogP contribution in [0.2, 0.25) is 0 Å². The lowest BCUT2D eigenvalue weighted by Gasteiger charge is -2.04. The molecule has 0 aliphatic rings. The number of fused-ring (bicyclic) bond motifs is 1. The van der Waals surface area contributed by atoms with E-state index in [2.05, 4.69) is 66.2 Å². The van der Waals surface area contributed by atoms with Crippen LogP contribution in [0.4, 0.5) is 0 Å². The van der Waals surface area contributed by atoms with Crippen molar-refractivity contribution in [3.63, 3.8) is 0 Å². The molecule has 0 saturated carbocycles. The average molecular weight is 269 g/mol. The Hall–Kier alpha value is -1.38. The van der Waals surface area contributed by atoms with Gasteiger partial charge in [0.05, 0.1) is 0 Å². The van der Waals surface area contributed by atoms with Crippen molar-refractivity contribution in [1.29, 1.82) is 0 Å². The molecule has 2 heteroatoms. The van der Waals surface area contributed by atoms with E-state index < -0.39 is 0 Å². The monoisotopic (exact) mass is 269 g/mol. The third-order valence-electron chi connectivity index (χ3n) is 2.99. The SMILES string of the molecule is CSc1cccc(-c2cc[s+]c3ccccc23)c1. The minimum absolute atomic E-state index is 1.30. The molecule has 0 amide bonds. The Morgan fingerprint density at radius 1 is 0.944 bits per heavy atom. The molecular weight excluding hydrogens is 256 g/mol. The summed E-state index contributed by atoms with van der Waals surface area (Å²) < 4.78 is 1.34. The Morgan fingerprint density at radius 2 is 1.83 bits per heavy atom. The molecule has 0 saturated heterocycles. The van der Waals surface area contributed by atoms with Crippen LogP contribution in [0.1, 0.15) is 0 Å². The van der Waals surface area contributed by atoms with Gasteiger partial charge in [-0.3, -0.25) is 0 Å². The first-order valence-corrected chi connectivity index (χ1v) is 7.93. The van der Waals surface area contributed by atoms with E-state index in [1.165, 1.54) is 26.1 Å². The molecule has 88 valence electrons. The van der Waals surface area contributed by atoms with E-state index in [0.29, 0.717) is 0 Å². The maximum absolute atomic E-state index is 2.26. The van der Waals surface area contributed by atoms with Gasteiger partial charge in [0, 0.05) is 22.4 Å². The van der Waals surface area contributed by atoms with E-state index in [1.54, 1.807) is 23.1 Å². The molecule has 0 bridgehead atoms. The third-order valence-corrected chi connectivity index (χ3v) is 4.60. The van der Waals surface area contributed by atoms with E-state index in [9.17, 15) is 0 Å². The van der Waals surface area contributed by atoms with Crippen LogP contribution >= 0.6 is 23.1 Å². The molecule has 0 aliphatic heterocycles. The maximum atomic E-state index is 2.26. The lowest BCUT2D eigenvalue weighted by Crippen LogP contribution is -1.80. The zero-order valence-electron chi connectivity index (χ0n) is 10.1. The fourth-order valence-corrected chi connectivity index (χ4v) is 3.37. The molecule has 0 atom stereocenters. The molecule has 0 fully saturated rings. The van der Waals surface area contributed by atoms with Gasteiger partial charge in [-0.25, -0.2) is 0 Å². The van der Waals surface area contributed by atoms with Gasteiger partial charge in [0.25, 0.3) is 0 Å². The molecule has 0 nitrogen and oxygen atoms in total.